The number of hydrazone groups is 1. The van der Waals surface area contributed by atoms with E-state index in [0.29, 0.717) is 32.5 Å². The first kappa shape index (κ1) is 26.1. The van der Waals surface area contributed by atoms with Crippen molar-refractivity contribution in [2.75, 3.05) is 19.7 Å². The smallest absolute Gasteiger partial charge is 0.230 e. The Bertz CT molecular complexity index is 1120. The minimum atomic E-state index is -0.261. The van der Waals surface area contributed by atoms with Gasteiger partial charge in [-0.05, 0) is 55.9 Å². The maximum Gasteiger partial charge on any atom is 0.230 e. The molecule has 0 bridgehead atoms. The summed E-state index contributed by atoms with van der Waals surface area (Å²) in [4.78, 5) is 30.5. The number of ether oxygens (including phenoxy) is 1. The largest absolute Gasteiger partial charge is 0.494 e. The molecular weight excluding hydrogens is 478 g/mol. The third kappa shape index (κ3) is 5.95. The second-order valence-electron chi connectivity index (χ2n) is 10.3. The fourth-order valence-electron chi connectivity index (χ4n) is 5.94. The van der Waals surface area contributed by atoms with E-state index < -0.39 is 0 Å². The molecule has 8 nitrogen and oxygen atoms in total. The Morgan fingerprint density at radius 2 is 1.79 bits per heavy atom. The Kier molecular flexibility index (Phi) is 8.46. The zero-order valence-electron chi connectivity index (χ0n) is 22.3. The van der Waals surface area contributed by atoms with Gasteiger partial charge in [-0.15, -0.1) is 0 Å². The summed E-state index contributed by atoms with van der Waals surface area (Å²) in [7, 11) is 0. The first-order valence-electron chi connectivity index (χ1n) is 14.1. The fraction of sp³-hybridized carbons (Fsp3) is 0.500. The molecule has 8 heteroatoms. The molecule has 5 rings (SSSR count). The summed E-state index contributed by atoms with van der Waals surface area (Å²) in [6.45, 7) is 3.86. The molecule has 0 aromatic heterocycles. The average molecular weight is 518 g/mol. The molecule has 2 aromatic carbocycles. The Morgan fingerprint density at radius 3 is 2.58 bits per heavy atom. The predicted molar refractivity (Wildman–Crippen MR) is 147 cm³/mol. The Balaban J connectivity index is 1.15. The quantitative estimate of drug-likeness (QED) is 0.475. The van der Waals surface area contributed by atoms with Crippen LogP contribution in [0.4, 0.5) is 0 Å². The molecule has 2 N–H and O–H groups in total. The SMILES string of the molecule is CCOc1ccc(CCNC(=O)CCC2=NNC3N(CCc4ccccc4)C(=O)C4CCCCC4N23)cc1. The van der Waals surface area contributed by atoms with Crippen molar-refractivity contribution in [3.05, 3.63) is 65.7 Å². The highest BCUT2D eigenvalue weighted by atomic mass is 16.5. The lowest BCUT2D eigenvalue weighted by molar-refractivity contribution is -0.155. The molecule has 0 radical (unpaired) electrons. The molecule has 2 heterocycles. The van der Waals surface area contributed by atoms with E-state index in [4.69, 9.17) is 4.74 Å². The van der Waals surface area contributed by atoms with Crippen molar-refractivity contribution in [3.63, 3.8) is 0 Å². The van der Waals surface area contributed by atoms with Gasteiger partial charge in [0.25, 0.3) is 0 Å². The molecule has 2 aromatic rings. The first-order valence-corrected chi connectivity index (χ1v) is 14.1. The number of benzene rings is 2. The van der Waals surface area contributed by atoms with E-state index in [9.17, 15) is 9.59 Å². The van der Waals surface area contributed by atoms with Crippen LogP contribution in [0.3, 0.4) is 0 Å². The monoisotopic (exact) mass is 517 g/mol. The number of rotatable bonds is 11. The lowest BCUT2D eigenvalue weighted by Gasteiger charge is -2.50. The maximum absolute atomic E-state index is 13.5. The molecule has 1 saturated heterocycles. The third-order valence-electron chi connectivity index (χ3n) is 7.88. The number of hydrogen-bond acceptors (Lipinski definition) is 6. The molecule has 2 aliphatic heterocycles. The average Bonchev–Trinajstić information content (AvgIpc) is 3.37. The highest BCUT2D eigenvalue weighted by Crippen LogP contribution is 2.37. The van der Waals surface area contributed by atoms with E-state index in [1.165, 1.54) is 5.56 Å². The van der Waals surface area contributed by atoms with Gasteiger partial charge < -0.3 is 19.9 Å². The Hall–Kier alpha value is -3.55. The number of hydrogen-bond donors (Lipinski definition) is 2. The summed E-state index contributed by atoms with van der Waals surface area (Å²) < 4.78 is 5.49. The fourth-order valence-corrected chi connectivity index (χ4v) is 5.94. The second-order valence-corrected chi connectivity index (χ2v) is 10.3. The van der Waals surface area contributed by atoms with E-state index in [-0.39, 0.29) is 30.1 Å². The van der Waals surface area contributed by atoms with Gasteiger partial charge in [0.2, 0.25) is 11.8 Å². The summed E-state index contributed by atoms with van der Waals surface area (Å²) in [5.41, 5.74) is 5.62. The van der Waals surface area contributed by atoms with Gasteiger partial charge in [-0.2, -0.15) is 5.10 Å². The van der Waals surface area contributed by atoms with Gasteiger partial charge in [0, 0.05) is 32.0 Å². The van der Waals surface area contributed by atoms with Crippen molar-refractivity contribution >= 4 is 17.6 Å². The molecule has 2 amide bonds. The normalized spacial score (nSPS) is 22.3. The molecule has 3 aliphatic rings. The van der Waals surface area contributed by atoms with Crippen LogP contribution in [0.1, 0.15) is 56.6 Å². The number of amides is 2. The van der Waals surface area contributed by atoms with Gasteiger partial charge in [-0.25, -0.2) is 0 Å². The van der Waals surface area contributed by atoms with Crippen LogP contribution >= 0.6 is 0 Å². The van der Waals surface area contributed by atoms with Gasteiger partial charge in [0.1, 0.15) is 11.6 Å². The summed E-state index contributed by atoms with van der Waals surface area (Å²) in [5.74, 6) is 2.02. The van der Waals surface area contributed by atoms with Crippen LogP contribution in [0.15, 0.2) is 59.7 Å². The number of nitrogens with one attached hydrogen (secondary N) is 2. The predicted octanol–water partition coefficient (Wildman–Crippen LogP) is 3.67. The summed E-state index contributed by atoms with van der Waals surface area (Å²) in [6.07, 6.45) is 6.39. The van der Waals surface area contributed by atoms with Crippen molar-refractivity contribution in [1.29, 1.82) is 0 Å². The number of fused-ring (bicyclic) bond motifs is 3. The van der Waals surface area contributed by atoms with Crippen LogP contribution in [-0.4, -0.2) is 59.5 Å². The Morgan fingerprint density at radius 1 is 1.03 bits per heavy atom. The number of carbonyl (C=O) groups excluding carboxylic acids is 2. The third-order valence-corrected chi connectivity index (χ3v) is 7.88. The Labute approximate surface area is 225 Å². The van der Waals surface area contributed by atoms with Crippen molar-refractivity contribution in [3.8, 4) is 5.75 Å². The summed E-state index contributed by atoms with van der Waals surface area (Å²) in [5, 5.41) is 7.69. The number of amidine groups is 1. The van der Waals surface area contributed by atoms with Crippen molar-refractivity contribution in [1.82, 2.24) is 20.5 Å². The zero-order valence-corrected chi connectivity index (χ0v) is 22.3. The maximum atomic E-state index is 13.5. The van der Waals surface area contributed by atoms with E-state index in [1.807, 2.05) is 54.3 Å². The topological polar surface area (TPSA) is 86.3 Å². The number of nitrogens with zero attached hydrogens (tertiary/aromatic N) is 3. The molecule has 38 heavy (non-hydrogen) atoms. The lowest BCUT2D eigenvalue weighted by atomic mass is 9.80. The summed E-state index contributed by atoms with van der Waals surface area (Å²) in [6, 6.07) is 18.5. The summed E-state index contributed by atoms with van der Waals surface area (Å²) >= 11 is 0. The van der Waals surface area contributed by atoms with Gasteiger partial charge in [0.15, 0.2) is 6.29 Å². The van der Waals surface area contributed by atoms with Crippen LogP contribution in [0.25, 0.3) is 0 Å². The van der Waals surface area contributed by atoms with Crippen LogP contribution in [0.5, 0.6) is 5.75 Å². The highest BCUT2D eigenvalue weighted by molar-refractivity contribution is 5.91. The van der Waals surface area contributed by atoms with Gasteiger partial charge in [-0.3, -0.25) is 15.0 Å². The van der Waals surface area contributed by atoms with Crippen LogP contribution in [0.2, 0.25) is 0 Å². The zero-order chi connectivity index (χ0) is 26.3. The number of carbonyl (C=O) groups is 2. The molecule has 0 spiro atoms. The van der Waals surface area contributed by atoms with Crippen LogP contribution < -0.4 is 15.5 Å². The van der Waals surface area contributed by atoms with E-state index in [2.05, 4.69) is 32.9 Å². The lowest BCUT2D eigenvalue weighted by Crippen LogP contribution is -2.67. The van der Waals surface area contributed by atoms with Crippen molar-refractivity contribution < 1.29 is 14.3 Å². The molecule has 1 aliphatic carbocycles. The van der Waals surface area contributed by atoms with Gasteiger partial charge in [-0.1, -0.05) is 55.3 Å². The molecule has 3 unspecified atom stereocenters. The first-order chi connectivity index (χ1) is 18.6. The molecule has 3 atom stereocenters. The highest BCUT2D eigenvalue weighted by Gasteiger charge is 2.50. The van der Waals surface area contributed by atoms with E-state index >= 15 is 0 Å². The van der Waals surface area contributed by atoms with Crippen molar-refractivity contribution in [2.45, 2.75) is 70.6 Å². The molecule has 202 valence electrons. The second kappa shape index (κ2) is 12.3. The van der Waals surface area contributed by atoms with Crippen LogP contribution in [-0.2, 0) is 22.4 Å². The van der Waals surface area contributed by atoms with Gasteiger partial charge >= 0.3 is 0 Å². The van der Waals surface area contributed by atoms with Gasteiger partial charge in [0.05, 0.1) is 12.5 Å². The van der Waals surface area contributed by atoms with Crippen molar-refractivity contribution in [2.24, 2.45) is 11.0 Å². The molecular formula is C30H39N5O3. The minimum Gasteiger partial charge on any atom is -0.494 e. The van der Waals surface area contributed by atoms with Crippen LogP contribution in [0, 0.1) is 5.92 Å². The molecule has 1 saturated carbocycles. The standard InChI is InChI=1S/C30H39N5O3/c1-2-38-24-14-12-23(13-15-24)18-20-31-28(36)17-16-27-32-33-30-34(21-19-22-8-4-3-5-9-22)29(37)25-10-6-7-11-26(25)35(27)30/h3-5,8-9,12-15,25-26,30,33H,2,6-7,10-11,16-21H2,1H3,(H,31,36). The molecule has 2 fully saturated rings. The van der Waals surface area contributed by atoms with E-state index in [0.717, 1.165) is 55.7 Å². The van der Waals surface area contributed by atoms with E-state index in [1.54, 1.807) is 0 Å². The minimum absolute atomic E-state index is 0.00353.